The first-order valence-electron chi connectivity index (χ1n) is 24.8. The molecule has 0 saturated heterocycles. The zero-order valence-corrected chi connectivity index (χ0v) is 42.3. The van der Waals surface area contributed by atoms with E-state index in [2.05, 4.69) is 74.8 Å². The Kier molecular flexibility index (Phi) is 13.7. The summed E-state index contributed by atoms with van der Waals surface area (Å²) in [7, 11) is 1.68. The highest BCUT2D eigenvalue weighted by atomic mass is 16.5. The Morgan fingerprint density at radius 2 is 1.23 bits per heavy atom. The molecule has 1 amide bonds. The lowest BCUT2D eigenvalue weighted by molar-refractivity contribution is 0.0986. The molecule has 3 aromatic carbocycles. The zero-order chi connectivity index (χ0) is 52.4. The number of carbonyl (C=O) groups is 2. The molecule has 16 nitrogen and oxygen atoms in total. The van der Waals surface area contributed by atoms with Gasteiger partial charge < -0.3 is 10.1 Å². The van der Waals surface area contributed by atoms with Crippen LogP contribution in [-0.2, 0) is 50.1 Å². The lowest BCUT2D eigenvalue weighted by Gasteiger charge is -2.13. The fraction of sp³-hybridized carbons (Fsp3) is 0.271. The highest BCUT2D eigenvalue weighted by Crippen LogP contribution is 2.31. The summed E-state index contributed by atoms with van der Waals surface area (Å²) in [6.45, 7) is 11.2. The highest BCUT2D eigenvalue weighted by molar-refractivity contribution is 6.05. The van der Waals surface area contributed by atoms with Crippen LogP contribution in [0.1, 0.15) is 82.8 Å². The van der Waals surface area contributed by atoms with Crippen LogP contribution >= 0.6 is 0 Å². The number of carbonyl (C=O) groups excluding carboxylic acids is 2. The quantitative estimate of drug-likeness (QED) is 0.123. The van der Waals surface area contributed by atoms with Crippen molar-refractivity contribution in [2.45, 2.75) is 73.0 Å². The molecule has 3 aliphatic heterocycles. The minimum Gasteiger partial charge on any atom is -0.384 e. The van der Waals surface area contributed by atoms with Crippen LogP contribution in [0, 0.1) is 28.6 Å². The van der Waals surface area contributed by atoms with Crippen molar-refractivity contribution in [3.05, 3.63) is 204 Å². The van der Waals surface area contributed by atoms with E-state index in [4.69, 9.17) is 4.74 Å². The predicted molar refractivity (Wildman–Crippen MR) is 287 cm³/mol. The Labute approximate surface area is 431 Å². The number of nitrogens with one attached hydrogen (secondary N) is 1. The number of amides is 1. The topological polar surface area (TPSA) is 199 Å². The van der Waals surface area contributed by atoms with Gasteiger partial charge in [-0.25, -0.2) is 24.9 Å². The number of nitrogens with zero attached hydrogens (tertiary/aromatic N) is 9. The number of hydrogen-bond donors (Lipinski definition) is 1. The van der Waals surface area contributed by atoms with Gasteiger partial charge in [-0.15, -0.1) is 0 Å². The first-order chi connectivity index (χ1) is 36.1. The summed E-state index contributed by atoms with van der Waals surface area (Å²) in [6.07, 6.45) is 7.50. The smallest absolute Gasteiger partial charge is 0.261 e. The van der Waals surface area contributed by atoms with E-state index in [0.29, 0.717) is 87.6 Å². The number of hydrogen-bond acceptors (Lipinski definition) is 12. The van der Waals surface area contributed by atoms with Crippen molar-refractivity contribution >= 4 is 50.2 Å². The number of ketones is 1. The molecule has 0 saturated carbocycles. The molecule has 9 aromatic rings. The molecule has 9 heterocycles. The second-order valence-electron chi connectivity index (χ2n) is 20.8. The maximum Gasteiger partial charge on any atom is 0.261 e. The van der Waals surface area contributed by atoms with Crippen molar-refractivity contribution < 1.29 is 14.3 Å². The minimum atomic E-state index is -0.275. The van der Waals surface area contributed by atoms with E-state index in [0.717, 1.165) is 47.9 Å². The first-order valence-corrected chi connectivity index (χ1v) is 24.8. The Hall–Kier alpha value is -8.81. The van der Waals surface area contributed by atoms with Crippen molar-refractivity contribution in [3.63, 3.8) is 0 Å². The van der Waals surface area contributed by atoms with Crippen molar-refractivity contribution in [3.8, 4) is 11.8 Å². The third-order valence-corrected chi connectivity index (χ3v) is 13.4. The van der Waals surface area contributed by atoms with Gasteiger partial charge in [-0.2, -0.15) is 0 Å². The lowest BCUT2D eigenvalue weighted by Crippen LogP contribution is -2.23. The Balaban J connectivity index is 0.000000128. The fourth-order valence-electron chi connectivity index (χ4n) is 9.87. The van der Waals surface area contributed by atoms with E-state index in [1.54, 1.807) is 100 Å². The summed E-state index contributed by atoms with van der Waals surface area (Å²) in [5.41, 5.74) is 5.26. The average Bonchev–Trinajstić information content (AvgIpc) is 4.07. The number of rotatable bonds is 7. The predicted octanol–water partition coefficient (Wildman–Crippen LogP) is 7.44. The monoisotopic (exact) mass is 998 g/mol. The lowest BCUT2D eigenvalue weighted by atomic mass is 9.92. The normalized spacial score (nSPS) is 15.3. The number of benzene rings is 3. The van der Waals surface area contributed by atoms with Gasteiger partial charge in [0.25, 0.3) is 22.6 Å². The van der Waals surface area contributed by atoms with Crippen molar-refractivity contribution in [1.82, 2.24) is 43.6 Å². The average molecular weight is 999 g/mol. The SMILES string of the molecule is CC1(C)Cc2nc3cc(C(=O)Nc4ccccn4)ccc3c(=O)n2C1.CC1(C)Cc2nc3cc(CC(=O)c4ccccn4)ccc3c(=O)n2C1.COCC1Cc2nc3cc(C#Cc4ccccn4)ccc3c(=O)n2C1. The van der Waals surface area contributed by atoms with Crippen molar-refractivity contribution in [2.75, 3.05) is 19.0 Å². The molecule has 0 fully saturated rings. The summed E-state index contributed by atoms with van der Waals surface area (Å²) in [4.78, 5) is 89.2. The van der Waals surface area contributed by atoms with Crippen LogP contribution in [0.2, 0.25) is 0 Å². The number of methoxy groups -OCH3 is 1. The molecule has 376 valence electrons. The van der Waals surface area contributed by atoms with E-state index < -0.39 is 0 Å². The van der Waals surface area contributed by atoms with E-state index in [-0.39, 0.29) is 45.6 Å². The summed E-state index contributed by atoms with van der Waals surface area (Å²) >= 11 is 0. The summed E-state index contributed by atoms with van der Waals surface area (Å²) in [5, 5.41) is 4.52. The maximum atomic E-state index is 12.7. The summed E-state index contributed by atoms with van der Waals surface area (Å²) in [6, 6.07) is 32.2. The van der Waals surface area contributed by atoms with Gasteiger partial charge in [0, 0.05) is 88.1 Å². The van der Waals surface area contributed by atoms with E-state index in [9.17, 15) is 24.0 Å². The van der Waals surface area contributed by atoms with Gasteiger partial charge in [0.05, 0.1) is 39.3 Å². The molecule has 75 heavy (non-hydrogen) atoms. The highest BCUT2D eigenvalue weighted by Gasteiger charge is 2.32. The molecule has 1 unspecified atom stereocenters. The zero-order valence-electron chi connectivity index (χ0n) is 42.3. The number of aromatic nitrogens is 9. The number of Topliss-reactive ketones (excluding diaryl/α,β-unsaturated/α-hetero) is 1. The maximum absolute atomic E-state index is 12.7. The van der Waals surface area contributed by atoms with Crippen LogP contribution in [0.3, 0.4) is 0 Å². The van der Waals surface area contributed by atoms with Crippen LogP contribution in [-0.4, -0.2) is 69.0 Å². The Morgan fingerprint density at radius 1 is 0.640 bits per heavy atom. The molecule has 0 bridgehead atoms. The first kappa shape index (κ1) is 49.8. The standard InChI is InChI=1S/C20H19N3O2.C20H17N3O2.C19H18N4O2/c1-20(2)11-18-22-16-9-13(6-7-14(16)19(25)23(18)12-20)10-17(24)15-5-3-4-8-21-15;1-25-13-15-11-19-22-18-10-14(5-7-16-4-2-3-9-21-16)6-8-17(18)20(24)23(19)12-15;1-19(2)10-16-21-14-9-12(6-7-13(14)18(25)23(16)11-19)17(24)22-15-5-3-4-8-20-15/h3-9H,10-12H2,1-2H3;2-4,6,8-10,15H,11-13H2,1H3;3-9H,10-11H2,1-2H3,(H,20,22,24). The molecular weight excluding hydrogens is 945 g/mol. The molecular formula is C59H54N10O6. The number of ether oxygens (including phenoxy) is 1. The van der Waals surface area contributed by atoms with Gasteiger partial charge in [0.15, 0.2) is 5.78 Å². The third-order valence-electron chi connectivity index (χ3n) is 13.4. The van der Waals surface area contributed by atoms with Gasteiger partial charge in [0.1, 0.15) is 34.7 Å². The molecule has 1 atom stereocenters. The van der Waals surface area contributed by atoms with Gasteiger partial charge >= 0.3 is 0 Å². The Bertz CT molecular complexity index is 3940. The molecule has 0 aliphatic carbocycles. The van der Waals surface area contributed by atoms with E-state index >= 15 is 0 Å². The van der Waals surface area contributed by atoms with Crippen LogP contribution in [0.5, 0.6) is 0 Å². The second-order valence-corrected chi connectivity index (χ2v) is 20.8. The molecule has 12 rings (SSSR count). The largest absolute Gasteiger partial charge is 0.384 e. The molecule has 0 spiro atoms. The van der Waals surface area contributed by atoms with Gasteiger partial charge in [-0.05, 0) is 107 Å². The third kappa shape index (κ3) is 10.9. The number of anilines is 1. The van der Waals surface area contributed by atoms with Crippen LogP contribution in [0.25, 0.3) is 32.7 Å². The van der Waals surface area contributed by atoms with E-state index in [1.165, 1.54) is 0 Å². The van der Waals surface area contributed by atoms with Crippen LogP contribution in [0.15, 0.2) is 142 Å². The number of pyridine rings is 3. The molecule has 0 radical (unpaired) electrons. The summed E-state index contributed by atoms with van der Waals surface area (Å²) in [5.74, 6) is 9.03. The van der Waals surface area contributed by atoms with Crippen LogP contribution in [0.4, 0.5) is 5.82 Å². The van der Waals surface area contributed by atoms with Gasteiger partial charge in [-0.1, -0.05) is 57.9 Å². The van der Waals surface area contributed by atoms with Gasteiger partial charge in [0.2, 0.25) is 0 Å². The molecule has 3 aliphatic rings. The minimum absolute atomic E-state index is 0.00757. The number of fused-ring (bicyclic) bond motifs is 6. The van der Waals surface area contributed by atoms with Crippen molar-refractivity contribution in [1.29, 1.82) is 0 Å². The van der Waals surface area contributed by atoms with Gasteiger partial charge in [-0.3, -0.25) is 42.7 Å². The Morgan fingerprint density at radius 3 is 1.85 bits per heavy atom. The molecule has 6 aromatic heterocycles. The molecule has 1 N–H and O–H groups in total. The molecule has 16 heteroatoms. The fourth-order valence-corrected chi connectivity index (χ4v) is 9.87. The van der Waals surface area contributed by atoms with E-state index in [1.807, 2.05) is 48.5 Å². The summed E-state index contributed by atoms with van der Waals surface area (Å²) < 4.78 is 10.5. The second kappa shape index (κ2) is 20.6. The van der Waals surface area contributed by atoms with Crippen LogP contribution < -0.4 is 22.0 Å². The van der Waals surface area contributed by atoms with Crippen molar-refractivity contribution in [2.24, 2.45) is 16.7 Å².